The van der Waals surface area contributed by atoms with Gasteiger partial charge in [-0.05, 0) is 36.9 Å². The lowest BCUT2D eigenvalue weighted by Gasteiger charge is -2.09. The number of benzene rings is 1. The minimum Gasteiger partial charge on any atom is -0.458 e. The molecule has 0 aliphatic rings. The summed E-state index contributed by atoms with van der Waals surface area (Å²) in [6.45, 7) is 10.5. The SMILES string of the molecule is CC(C)CNCc1oc2c(Cl)c(Cl)ccc2c1CC(C)C. The van der Waals surface area contributed by atoms with Crippen molar-refractivity contribution in [1.82, 2.24) is 5.32 Å². The fourth-order valence-corrected chi connectivity index (χ4v) is 2.81. The molecule has 0 aliphatic carbocycles. The molecule has 116 valence electrons. The van der Waals surface area contributed by atoms with Gasteiger partial charge in [-0.25, -0.2) is 0 Å². The number of halogens is 2. The number of hydrogen-bond donors (Lipinski definition) is 1. The molecule has 0 fully saturated rings. The van der Waals surface area contributed by atoms with E-state index in [0.717, 1.165) is 30.7 Å². The first kappa shape index (κ1) is 16.7. The molecule has 1 N–H and O–H groups in total. The van der Waals surface area contributed by atoms with E-state index in [2.05, 4.69) is 33.0 Å². The molecule has 0 saturated carbocycles. The predicted octanol–water partition coefficient (Wildman–Crippen LogP) is 5.68. The Bertz CT molecular complexity index is 617. The van der Waals surface area contributed by atoms with Crippen molar-refractivity contribution in [3.8, 4) is 0 Å². The number of fused-ring (bicyclic) bond motifs is 1. The molecule has 1 heterocycles. The van der Waals surface area contributed by atoms with Crippen LogP contribution < -0.4 is 5.32 Å². The smallest absolute Gasteiger partial charge is 0.154 e. The molecule has 0 amide bonds. The summed E-state index contributed by atoms with van der Waals surface area (Å²) < 4.78 is 6.01. The second kappa shape index (κ2) is 7.04. The largest absolute Gasteiger partial charge is 0.458 e. The normalized spacial score (nSPS) is 12.0. The van der Waals surface area contributed by atoms with Crippen LogP contribution in [-0.2, 0) is 13.0 Å². The molecule has 4 heteroatoms. The summed E-state index contributed by atoms with van der Waals surface area (Å²) in [4.78, 5) is 0. The van der Waals surface area contributed by atoms with E-state index in [1.54, 1.807) is 0 Å². The summed E-state index contributed by atoms with van der Waals surface area (Å²) in [5.74, 6) is 2.15. The van der Waals surface area contributed by atoms with Crippen LogP contribution in [0.15, 0.2) is 16.5 Å². The van der Waals surface area contributed by atoms with Gasteiger partial charge in [-0.3, -0.25) is 0 Å². The zero-order chi connectivity index (χ0) is 15.6. The van der Waals surface area contributed by atoms with Crippen LogP contribution >= 0.6 is 23.2 Å². The average Bonchev–Trinajstić information content (AvgIpc) is 2.72. The van der Waals surface area contributed by atoms with Gasteiger partial charge in [0, 0.05) is 10.9 Å². The van der Waals surface area contributed by atoms with E-state index in [0.29, 0.717) is 27.5 Å². The number of hydrogen-bond acceptors (Lipinski definition) is 2. The minimum atomic E-state index is 0.509. The van der Waals surface area contributed by atoms with Crippen LogP contribution in [0.1, 0.15) is 39.0 Å². The highest BCUT2D eigenvalue weighted by Gasteiger charge is 2.18. The zero-order valence-electron chi connectivity index (χ0n) is 13.1. The maximum atomic E-state index is 6.29. The summed E-state index contributed by atoms with van der Waals surface area (Å²) in [5, 5.41) is 5.57. The van der Waals surface area contributed by atoms with Gasteiger partial charge < -0.3 is 9.73 Å². The Labute approximate surface area is 136 Å². The van der Waals surface area contributed by atoms with Crippen molar-refractivity contribution in [2.24, 2.45) is 11.8 Å². The quantitative estimate of drug-likeness (QED) is 0.737. The highest BCUT2D eigenvalue weighted by atomic mass is 35.5. The molecular formula is C17H23Cl2NO. The van der Waals surface area contributed by atoms with E-state index in [1.165, 1.54) is 5.56 Å². The van der Waals surface area contributed by atoms with Crippen LogP contribution in [-0.4, -0.2) is 6.54 Å². The maximum Gasteiger partial charge on any atom is 0.154 e. The second-order valence-electron chi connectivity index (χ2n) is 6.36. The molecule has 0 aliphatic heterocycles. The molecule has 0 bridgehead atoms. The molecule has 2 nitrogen and oxygen atoms in total. The molecule has 2 aromatic rings. The fourth-order valence-electron chi connectivity index (χ4n) is 2.45. The molecular weight excluding hydrogens is 305 g/mol. The van der Waals surface area contributed by atoms with Crippen molar-refractivity contribution in [2.45, 2.75) is 40.7 Å². The summed E-state index contributed by atoms with van der Waals surface area (Å²) in [6, 6.07) is 3.85. The van der Waals surface area contributed by atoms with E-state index in [4.69, 9.17) is 27.6 Å². The minimum absolute atomic E-state index is 0.509. The van der Waals surface area contributed by atoms with Gasteiger partial charge in [0.2, 0.25) is 0 Å². The Morgan fingerprint density at radius 1 is 1.10 bits per heavy atom. The second-order valence-corrected chi connectivity index (χ2v) is 7.15. The standard InChI is InChI=1S/C17H23Cl2NO/c1-10(2)7-13-12-5-6-14(18)16(19)17(12)21-15(13)9-20-8-11(3)4/h5-6,10-11,20H,7-9H2,1-4H3. The Morgan fingerprint density at radius 3 is 2.43 bits per heavy atom. The van der Waals surface area contributed by atoms with Gasteiger partial charge >= 0.3 is 0 Å². The summed E-state index contributed by atoms with van der Waals surface area (Å²) in [7, 11) is 0. The van der Waals surface area contributed by atoms with E-state index in [-0.39, 0.29) is 0 Å². The van der Waals surface area contributed by atoms with Gasteiger partial charge in [0.25, 0.3) is 0 Å². The Morgan fingerprint density at radius 2 is 1.81 bits per heavy atom. The third-order valence-electron chi connectivity index (χ3n) is 3.39. The predicted molar refractivity (Wildman–Crippen MR) is 91.3 cm³/mol. The Hall–Kier alpha value is -0.700. The zero-order valence-corrected chi connectivity index (χ0v) is 14.6. The number of furan rings is 1. The van der Waals surface area contributed by atoms with E-state index < -0.39 is 0 Å². The third kappa shape index (κ3) is 3.94. The van der Waals surface area contributed by atoms with Gasteiger partial charge in [0.05, 0.1) is 11.6 Å². The van der Waals surface area contributed by atoms with Crippen molar-refractivity contribution in [3.63, 3.8) is 0 Å². The summed E-state index contributed by atoms with van der Waals surface area (Å²) in [6.07, 6.45) is 0.976. The van der Waals surface area contributed by atoms with Gasteiger partial charge in [-0.2, -0.15) is 0 Å². The Kier molecular flexibility index (Phi) is 5.59. The number of nitrogens with one attached hydrogen (secondary N) is 1. The first-order valence-electron chi connectivity index (χ1n) is 7.49. The average molecular weight is 328 g/mol. The fraction of sp³-hybridized carbons (Fsp3) is 0.529. The lowest BCUT2D eigenvalue weighted by Crippen LogP contribution is -2.19. The van der Waals surface area contributed by atoms with Crippen molar-refractivity contribution in [1.29, 1.82) is 0 Å². The van der Waals surface area contributed by atoms with Gasteiger partial charge in [-0.1, -0.05) is 50.9 Å². The van der Waals surface area contributed by atoms with Crippen molar-refractivity contribution < 1.29 is 4.42 Å². The summed E-state index contributed by atoms with van der Waals surface area (Å²) >= 11 is 12.4. The molecule has 1 aromatic carbocycles. The van der Waals surface area contributed by atoms with Gasteiger partial charge in [0.1, 0.15) is 10.8 Å². The van der Waals surface area contributed by atoms with Crippen molar-refractivity contribution >= 4 is 34.2 Å². The van der Waals surface area contributed by atoms with Crippen LogP contribution in [0.2, 0.25) is 10.0 Å². The van der Waals surface area contributed by atoms with E-state index >= 15 is 0 Å². The first-order chi connectivity index (χ1) is 9.90. The topological polar surface area (TPSA) is 25.2 Å². The summed E-state index contributed by atoms with van der Waals surface area (Å²) in [5.41, 5.74) is 1.95. The van der Waals surface area contributed by atoms with Crippen LogP contribution in [0, 0.1) is 11.8 Å². The van der Waals surface area contributed by atoms with Gasteiger partial charge in [0.15, 0.2) is 5.58 Å². The van der Waals surface area contributed by atoms with Crippen LogP contribution in [0.4, 0.5) is 0 Å². The lowest BCUT2D eigenvalue weighted by atomic mass is 9.99. The first-order valence-corrected chi connectivity index (χ1v) is 8.24. The number of rotatable bonds is 6. The van der Waals surface area contributed by atoms with Gasteiger partial charge in [-0.15, -0.1) is 0 Å². The monoisotopic (exact) mass is 327 g/mol. The van der Waals surface area contributed by atoms with Crippen LogP contribution in [0.25, 0.3) is 11.0 Å². The maximum absolute atomic E-state index is 6.29. The van der Waals surface area contributed by atoms with E-state index in [9.17, 15) is 0 Å². The molecule has 0 spiro atoms. The lowest BCUT2D eigenvalue weighted by molar-refractivity contribution is 0.477. The van der Waals surface area contributed by atoms with Crippen molar-refractivity contribution in [3.05, 3.63) is 33.5 Å². The van der Waals surface area contributed by atoms with Crippen LogP contribution in [0.3, 0.4) is 0 Å². The molecule has 0 saturated heterocycles. The van der Waals surface area contributed by atoms with Crippen molar-refractivity contribution in [2.75, 3.05) is 6.54 Å². The highest BCUT2D eigenvalue weighted by molar-refractivity contribution is 6.44. The molecule has 1 aromatic heterocycles. The molecule has 21 heavy (non-hydrogen) atoms. The molecule has 0 radical (unpaired) electrons. The molecule has 0 unspecified atom stereocenters. The van der Waals surface area contributed by atoms with Crippen LogP contribution in [0.5, 0.6) is 0 Å². The Balaban J connectivity index is 2.39. The van der Waals surface area contributed by atoms with E-state index in [1.807, 2.05) is 12.1 Å². The molecule has 2 rings (SSSR count). The molecule has 0 atom stereocenters. The third-order valence-corrected chi connectivity index (χ3v) is 4.17. The highest BCUT2D eigenvalue weighted by Crippen LogP contribution is 2.36.